The molecule has 8 heteroatoms. The zero-order valence-corrected chi connectivity index (χ0v) is 16.7. The first-order valence-corrected chi connectivity index (χ1v) is 10.4. The van der Waals surface area contributed by atoms with Crippen LogP contribution in [-0.2, 0) is 6.54 Å². The number of nitrogens with one attached hydrogen (secondary N) is 1. The monoisotopic (exact) mass is 415 g/mol. The normalized spacial score (nSPS) is 11.2. The molecule has 0 spiro atoms. The van der Waals surface area contributed by atoms with E-state index in [1.165, 1.54) is 11.8 Å². The van der Waals surface area contributed by atoms with Crippen LogP contribution >= 0.6 is 11.8 Å². The van der Waals surface area contributed by atoms with Gasteiger partial charge in [0.25, 0.3) is 0 Å². The SMILES string of the molecule is O=C(CSc1nnc(-c2cccnc2)n1Cc1ccco1)c1c[nH]c2ccccc12. The third-order valence-corrected chi connectivity index (χ3v) is 5.72. The number of ketones is 1. The highest BCUT2D eigenvalue weighted by molar-refractivity contribution is 7.99. The molecule has 4 aromatic heterocycles. The Morgan fingerprint density at radius 3 is 2.87 bits per heavy atom. The number of carbonyl (C=O) groups is 1. The number of thioether (sulfide) groups is 1. The first kappa shape index (κ1) is 18.4. The van der Waals surface area contributed by atoms with Gasteiger partial charge in [-0.05, 0) is 30.3 Å². The molecule has 0 radical (unpaired) electrons. The van der Waals surface area contributed by atoms with Crippen LogP contribution < -0.4 is 0 Å². The molecule has 0 aliphatic carbocycles. The number of nitrogens with zero attached hydrogens (tertiary/aromatic N) is 4. The molecular formula is C22H17N5O2S. The molecule has 0 amide bonds. The van der Waals surface area contributed by atoms with E-state index < -0.39 is 0 Å². The zero-order chi connectivity index (χ0) is 20.3. The van der Waals surface area contributed by atoms with Gasteiger partial charge in [-0.1, -0.05) is 30.0 Å². The van der Waals surface area contributed by atoms with E-state index >= 15 is 0 Å². The number of hydrogen-bond acceptors (Lipinski definition) is 6. The summed E-state index contributed by atoms with van der Waals surface area (Å²) in [6.07, 6.45) is 6.86. The van der Waals surface area contributed by atoms with E-state index in [1.54, 1.807) is 24.9 Å². The Balaban J connectivity index is 1.42. The number of carbonyl (C=O) groups excluding carboxylic acids is 1. The van der Waals surface area contributed by atoms with Gasteiger partial charge in [0.05, 0.1) is 18.6 Å². The van der Waals surface area contributed by atoms with Gasteiger partial charge in [-0.15, -0.1) is 10.2 Å². The summed E-state index contributed by atoms with van der Waals surface area (Å²) in [5.41, 5.74) is 2.49. The third-order valence-electron chi connectivity index (χ3n) is 4.75. The van der Waals surface area contributed by atoms with Gasteiger partial charge in [0.1, 0.15) is 5.76 Å². The Bertz CT molecular complexity index is 1290. The molecule has 0 atom stereocenters. The largest absolute Gasteiger partial charge is 0.467 e. The van der Waals surface area contributed by atoms with Crippen LogP contribution in [0.15, 0.2) is 83.0 Å². The van der Waals surface area contributed by atoms with E-state index in [-0.39, 0.29) is 11.5 Å². The molecule has 0 unspecified atom stereocenters. The minimum atomic E-state index is 0.0351. The Morgan fingerprint density at radius 2 is 2.03 bits per heavy atom. The second-order valence-electron chi connectivity index (χ2n) is 6.67. The first-order valence-electron chi connectivity index (χ1n) is 9.37. The number of rotatable bonds is 7. The van der Waals surface area contributed by atoms with Crippen LogP contribution in [0.5, 0.6) is 0 Å². The van der Waals surface area contributed by atoms with Crippen molar-refractivity contribution in [2.24, 2.45) is 0 Å². The van der Waals surface area contributed by atoms with Gasteiger partial charge in [-0.3, -0.25) is 14.3 Å². The van der Waals surface area contributed by atoms with Crippen LogP contribution in [0.1, 0.15) is 16.1 Å². The van der Waals surface area contributed by atoms with Gasteiger partial charge in [0.2, 0.25) is 0 Å². The highest BCUT2D eigenvalue weighted by Gasteiger charge is 2.18. The summed E-state index contributed by atoms with van der Waals surface area (Å²) in [6.45, 7) is 0.466. The molecule has 0 aliphatic heterocycles. The number of aromatic amines is 1. The number of para-hydroxylation sites is 1. The average Bonchev–Trinajstić information content (AvgIpc) is 3.53. The lowest BCUT2D eigenvalue weighted by molar-refractivity contribution is 0.102. The van der Waals surface area contributed by atoms with Crippen molar-refractivity contribution in [1.82, 2.24) is 24.7 Å². The fourth-order valence-corrected chi connectivity index (χ4v) is 4.14. The van der Waals surface area contributed by atoms with E-state index in [4.69, 9.17) is 4.42 Å². The second kappa shape index (κ2) is 8.00. The topological polar surface area (TPSA) is 89.6 Å². The minimum Gasteiger partial charge on any atom is -0.467 e. The number of pyridine rings is 1. The van der Waals surface area contributed by atoms with Gasteiger partial charge in [0.15, 0.2) is 16.8 Å². The van der Waals surface area contributed by atoms with Crippen molar-refractivity contribution in [1.29, 1.82) is 0 Å². The number of H-pyrrole nitrogens is 1. The van der Waals surface area contributed by atoms with E-state index in [0.717, 1.165) is 22.2 Å². The smallest absolute Gasteiger partial charge is 0.192 e. The standard InChI is InChI=1S/C22H17N5O2S/c28-20(18-12-24-19-8-2-1-7-17(18)19)14-30-22-26-25-21(15-5-3-9-23-11-15)27(22)13-16-6-4-10-29-16/h1-12,24H,13-14H2. The Labute approximate surface area is 176 Å². The lowest BCUT2D eigenvalue weighted by Gasteiger charge is -2.08. The van der Waals surface area contributed by atoms with Crippen LogP contribution in [0, 0.1) is 0 Å². The van der Waals surface area contributed by atoms with Crippen LogP contribution in [0.4, 0.5) is 0 Å². The molecule has 0 fully saturated rings. The molecule has 1 N–H and O–H groups in total. The van der Waals surface area contributed by atoms with Crippen molar-refractivity contribution in [3.63, 3.8) is 0 Å². The van der Waals surface area contributed by atoms with Crippen molar-refractivity contribution in [3.8, 4) is 11.4 Å². The lowest BCUT2D eigenvalue weighted by atomic mass is 10.1. The summed E-state index contributed by atoms with van der Waals surface area (Å²) in [4.78, 5) is 20.2. The van der Waals surface area contributed by atoms with Crippen LogP contribution in [0.3, 0.4) is 0 Å². The molecule has 7 nitrogen and oxygen atoms in total. The molecular weight excluding hydrogens is 398 g/mol. The van der Waals surface area contributed by atoms with Gasteiger partial charge in [-0.2, -0.15) is 0 Å². The van der Waals surface area contributed by atoms with E-state index in [1.807, 2.05) is 53.1 Å². The molecule has 148 valence electrons. The third kappa shape index (κ3) is 3.53. The Hall–Kier alpha value is -3.65. The summed E-state index contributed by atoms with van der Waals surface area (Å²) in [5, 5.41) is 10.3. The van der Waals surface area contributed by atoms with Crippen LogP contribution in [-0.4, -0.2) is 36.3 Å². The van der Waals surface area contributed by atoms with Gasteiger partial charge in [0, 0.05) is 40.6 Å². The van der Waals surface area contributed by atoms with Crippen LogP contribution in [0.2, 0.25) is 0 Å². The number of benzene rings is 1. The van der Waals surface area contributed by atoms with E-state index in [9.17, 15) is 4.79 Å². The number of aromatic nitrogens is 5. The summed E-state index contributed by atoms with van der Waals surface area (Å²) in [7, 11) is 0. The molecule has 0 bridgehead atoms. The summed E-state index contributed by atoms with van der Waals surface area (Å²) >= 11 is 1.36. The van der Waals surface area contributed by atoms with Crippen molar-refractivity contribution >= 4 is 28.4 Å². The van der Waals surface area contributed by atoms with Crippen molar-refractivity contribution < 1.29 is 9.21 Å². The fourth-order valence-electron chi connectivity index (χ4n) is 3.32. The molecule has 4 heterocycles. The Kier molecular flexibility index (Phi) is 4.90. The zero-order valence-electron chi connectivity index (χ0n) is 15.9. The van der Waals surface area contributed by atoms with Crippen molar-refractivity contribution in [3.05, 3.63) is 84.7 Å². The number of Topliss-reactive ketones (excluding diaryl/α,β-unsaturated/α-hetero) is 1. The maximum absolute atomic E-state index is 12.9. The van der Waals surface area contributed by atoms with Crippen molar-refractivity contribution in [2.45, 2.75) is 11.7 Å². The van der Waals surface area contributed by atoms with E-state index in [2.05, 4.69) is 20.2 Å². The lowest BCUT2D eigenvalue weighted by Crippen LogP contribution is -2.06. The van der Waals surface area contributed by atoms with E-state index in [0.29, 0.717) is 23.1 Å². The minimum absolute atomic E-state index is 0.0351. The maximum atomic E-state index is 12.9. The molecule has 0 saturated carbocycles. The maximum Gasteiger partial charge on any atom is 0.192 e. The quantitative estimate of drug-likeness (QED) is 0.312. The van der Waals surface area contributed by atoms with Crippen LogP contribution in [0.25, 0.3) is 22.3 Å². The molecule has 5 rings (SSSR count). The molecule has 0 saturated heterocycles. The van der Waals surface area contributed by atoms with Gasteiger partial charge in [-0.25, -0.2) is 0 Å². The number of furan rings is 1. The average molecular weight is 415 g/mol. The molecule has 0 aliphatic rings. The molecule has 30 heavy (non-hydrogen) atoms. The number of fused-ring (bicyclic) bond motifs is 1. The summed E-state index contributed by atoms with van der Waals surface area (Å²) in [6, 6.07) is 15.3. The highest BCUT2D eigenvalue weighted by Crippen LogP contribution is 2.26. The fraction of sp³-hybridized carbons (Fsp3) is 0.0909. The summed E-state index contributed by atoms with van der Waals surface area (Å²) in [5.74, 6) is 1.75. The van der Waals surface area contributed by atoms with Gasteiger partial charge >= 0.3 is 0 Å². The second-order valence-corrected chi connectivity index (χ2v) is 7.62. The molecule has 5 aromatic rings. The first-order chi connectivity index (χ1) is 14.8. The van der Waals surface area contributed by atoms with Crippen molar-refractivity contribution in [2.75, 3.05) is 5.75 Å². The Morgan fingerprint density at radius 1 is 1.10 bits per heavy atom. The predicted molar refractivity (Wildman–Crippen MR) is 114 cm³/mol. The summed E-state index contributed by atoms with van der Waals surface area (Å²) < 4.78 is 7.46. The predicted octanol–water partition coefficient (Wildman–Crippen LogP) is 4.44. The molecule has 1 aromatic carbocycles. The highest BCUT2D eigenvalue weighted by atomic mass is 32.2. The number of hydrogen-bond donors (Lipinski definition) is 1. The van der Waals surface area contributed by atoms with Gasteiger partial charge < -0.3 is 9.40 Å².